The molecule has 0 bridgehead atoms. The van der Waals surface area contributed by atoms with Crippen molar-refractivity contribution in [2.24, 2.45) is 0 Å². The van der Waals surface area contributed by atoms with Crippen molar-refractivity contribution in [3.63, 3.8) is 0 Å². The van der Waals surface area contributed by atoms with Crippen molar-refractivity contribution < 1.29 is 18.0 Å². The normalized spacial score (nSPS) is 13.9. The van der Waals surface area contributed by atoms with Crippen molar-refractivity contribution in [3.8, 4) is 0 Å². The molecule has 9 heteroatoms. The molecule has 0 unspecified atom stereocenters. The van der Waals surface area contributed by atoms with E-state index in [0.717, 1.165) is 18.5 Å². The number of carbonyl (C=O) groups is 1. The SMILES string of the molecule is CCCCn1nc(C)cc1NC(=O)Cn1nc(C(F)(F)F)c2c1CCC2. The Morgan fingerprint density at radius 1 is 1.27 bits per heavy atom. The van der Waals surface area contributed by atoms with Gasteiger partial charge in [0, 0.05) is 23.9 Å². The molecule has 0 saturated heterocycles. The van der Waals surface area contributed by atoms with Gasteiger partial charge in [-0.05, 0) is 32.6 Å². The van der Waals surface area contributed by atoms with Crippen molar-refractivity contribution in [1.82, 2.24) is 19.6 Å². The molecular weight excluding hydrogens is 347 g/mol. The number of hydrogen-bond donors (Lipinski definition) is 1. The summed E-state index contributed by atoms with van der Waals surface area (Å²) in [4.78, 5) is 12.4. The predicted molar refractivity (Wildman–Crippen MR) is 89.8 cm³/mol. The number of unbranched alkanes of at least 4 members (excludes halogenated alkanes) is 1. The Morgan fingerprint density at radius 3 is 2.73 bits per heavy atom. The molecule has 1 N–H and O–H groups in total. The number of amides is 1. The van der Waals surface area contributed by atoms with E-state index in [1.807, 2.05) is 6.92 Å². The number of nitrogens with one attached hydrogen (secondary N) is 1. The maximum atomic E-state index is 13.1. The fourth-order valence-electron chi connectivity index (χ4n) is 3.31. The topological polar surface area (TPSA) is 64.7 Å². The minimum atomic E-state index is -4.49. The molecule has 0 spiro atoms. The van der Waals surface area contributed by atoms with E-state index in [1.165, 1.54) is 4.68 Å². The quantitative estimate of drug-likeness (QED) is 0.849. The monoisotopic (exact) mass is 369 g/mol. The Hall–Kier alpha value is -2.32. The van der Waals surface area contributed by atoms with Crippen LogP contribution in [0, 0.1) is 6.92 Å². The van der Waals surface area contributed by atoms with E-state index in [0.29, 0.717) is 37.3 Å². The number of aryl methyl sites for hydroxylation is 2. The average molecular weight is 369 g/mol. The van der Waals surface area contributed by atoms with Crippen molar-refractivity contribution in [2.75, 3.05) is 5.32 Å². The molecule has 0 fully saturated rings. The van der Waals surface area contributed by atoms with Gasteiger partial charge in [-0.1, -0.05) is 13.3 Å². The zero-order valence-electron chi connectivity index (χ0n) is 14.9. The lowest BCUT2D eigenvalue weighted by molar-refractivity contribution is -0.142. The third-order valence-corrected chi connectivity index (χ3v) is 4.46. The van der Waals surface area contributed by atoms with Crippen LogP contribution in [0.4, 0.5) is 19.0 Å². The highest BCUT2D eigenvalue weighted by Gasteiger charge is 2.40. The third-order valence-electron chi connectivity index (χ3n) is 4.46. The summed E-state index contributed by atoms with van der Waals surface area (Å²) in [5.74, 6) is 0.148. The fraction of sp³-hybridized carbons (Fsp3) is 0.588. The number of aromatic nitrogens is 4. The van der Waals surface area contributed by atoms with E-state index in [-0.39, 0.29) is 12.1 Å². The third kappa shape index (κ3) is 3.76. The average Bonchev–Trinajstić information content (AvgIpc) is 3.21. The van der Waals surface area contributed by atoms with Crippen LogP contribution < -0.4 is 5.32 Å². The minimum Gasteiger partial charge on any atom is -0.309 e. The van der Waals surface area contributed by atoms with E-state index in [1.54, 1.807) is 10.7 Å². The highest BCUT2D eigenvalue weighted by Crippen LogP contribution is 2.36. The number of hydrogen-bond acceptors (Lipinski definition) is 3. The zero-order valence-corrected chi connectivity index (χ0v) is 14.9. The van der Waals surface area contributed by atoms with E-state index >= 15 is 0 Å². The van der Waals surface area contributed by atoms with Gasteiger partial charge < -0.3 is 5.32 Å². The van der Waals surface area contributed by atoms with Gasteiger partial charge in [-0.15, -0.1) is 0 Å². The molecule has 0 atom stereocenters. The van der Waals surface area contributed by atoms with Crippen LogP contribution in [0.15, 0.2) is 6.07 Å². The van der Waals surface area contributed by atoms with Gasteiger partial charge in [-0.2, -0.15) is 23.4 Å². The molecule has 1 aliphatic carbocycles. The summed E-state index contributed by atoms with van der Waals surface area (Å²) < 4.78 is 42.3. The van der Waals surface area contributed by atoms with Crippen molar-refractivity contribution in [1.29, 1.82) is 0 Å². The van der Waals surface area contributed by atoms with Gasteiger partial charge in [0.05, 0.1) is 5.69 Å². The Labute approximate surface area is 149 Å². The number of fused-ring (bicyclic) bond motifs is 1. The number of halogens is 3. The van der Waals surface area contributed by atoms with Crippen LogP contribution in [0.1, 0.15) is 48.8 Å². The minimum absolute atomic E-state index is 0.231. The van der Waals surface area contributed by atoms with Gasteiger partial charge in [-0.25, -0.2) is 4.68 Å². The molecule has 0 radical (unpaired) electrons. The highest BCUT2D eigenvalue weighted by molar-refractivity contribution is 5.89. The second kappa shape index (κ2) is 7.13. The van der Waals surface area contributed by atoms with Crippen LogP contribution in [0.5, 0.6) is 0 Å². The Kier molecular flexibility index (Phi) is 5.06. The van der Waals surface area contributed by atoms with E-state index < -0.39 is 17.8 Å². The van der Waals surface area contributed by atoms with Gasteiger partial charge in [0.2, 0.25) is 5.91 Å². The first-order valence-electron chi connectivity index (χ1n) is 8.79. The van der Waals surface area contributed by atoms with Crippen molar-refractivity contribution >= 4 is 11.7 Å². The van der Waals surface area contributed by atoms with Crippen LogP contribution in [0.3, 0.4) is 0 Å². The van der Waals surface area contributed by atoms with Crippen LogP contribution in [-0.4, -0.2) is 25.5 Å². The molecule has 0 saturated carbocycles. The van der Waals surface area contributed by atoms with Crippen LogP contribution in [-0.2, 0) is 36.9 Å². The number of anilines is 1. The van der Waals surface area contributed by atoms with Gasteiger partial charge in [0.1, 0.15) is 12.4 Å². The maximum Gasteiger partial charge on any atom is 0.435 e. The molecule has 6 nitrogen and oxygen atoms in total. The molecule has 2 heterocycles. The first-order valence-corrected chi connectivity index (χ1v) is 8.79. The number of carbonyl (C=O) groups excluding carboxylic acids is 1. The Bertz CT molecular complexity index is 806. The van der Waals surface area contributed by atoms with Gasteiger partial charge >= 0.3 is 6.18 Å². The second-order valence-corrected chi connectivity index (χ2v) is 6.58. The van der Waals surface area contributed by atoms with Crippen molar-refractivity contribution in [3.05, 3.63) is 28.7 Å². The highest BCUT2D eigenvalue weighted by atomic mass is 19.4. The lowest BCUT2D eigenvalue weighted by atomic mass is 10.2. The molecule has 0 aliphatic heterocycles. The lowest BCUT2D eigenvalue weighted by Crippen LogP contribution is -2.23. The Morgan fingerprint density at radius 2 is 2.04 bits per heavy atom. The van der Waals surface area contributed by atoms with Gasteiger partial charge in [-0.3, -0.25) is 9.48 Å². The predicted octanol–water partition coefficient (Wildman–Crippen LogP) is 3.33. The summed E-state index contributed by atoms with van der Waals surface area (Å²) in [5.41, 5.74) is 0.662. The van der Waals surface area contributed by atoms with Gasteiger partial charge in [0.15, 0.2) is 5.69 Å². The van der Waals surface area contributed by atoms with Crippen LogP contribution >= 0.6 is 0 Å². The molecule has 2 aromatic rings. The smallest absolute Gasteiger partial charge is 0.309 e. The molecule has 2 aromatic heterocycles. The summed E-state index contributed by atoms with van der Waals surface area (Å²) in [6, 6.07) is 1.75. The summed E-state index contributed by atoms with van der Waals surface area (Å²) in [6.45, 7) is 4.32. The van der Waals surface area contributed by atoms with Crippen molar-refractivity contribution in [2.45, 2.75) is 65.2 Å². The summed E-state index contributed by atoms with van der Waals surface area (Å²) in [6.07, 6.45) is -1.06. The maximum absolute atomic E-state index is 13.1. The lowest BCUT2D eigenvalue weighted by Gasteiger charge is -2.10. The Balaban J connectivity index is 1.76. The fourth-order valence-corrected chi connectivity index (χ4v) is 3.31. The molecule has 1 amide bonds. The molecule has 142 valence electrons. The standard InChI is InChI=1S/C17H22F3N5O/c1-3-4-8-24-14(9-11(2)22-24)21-15(26)10-25-13-7-5-6-12(13)16(23-25)17(18,19)20/h9H,3-8,10H2,1-2H3,(H,21,26). The summed E-state index contributed by atoms with van der Waals surface area (Å²) in [7, 11) is 0. The van der Waals surface area contributed by atoms with Crippen LogP contribution in [0.25, 0.3) is 0 Å². The summed E-state index contributed by atoms with van der Waals surface area (Å²) >= 11 is 0. The number of nitrogens with zero attached hydrogens (tertiary/aromatic N) is 4. The molecule has 1 aliphatic rings. The first-order chi connectivity index (χ1) is 12.3. The molecule has 0 aromatic carbocycles. The zero-order chi connectivity index (χ0) is 18.9. The van der Waals surface area contributed by atoms with Crippen LogP contribution in [0.2, 0.25) is 0 Å². The first kappa shape index (κ1) is 18.5. The van der Waals surface area contributed by atoms with E-state index in [9.17, 15) is 18.0 Å². The molecular formula is C17H22F3N5O. The van der Waals surface area contributed by atoms with E-state index in [4.69, 9.17) is 0 Å². The summed E-state index contributed by atoms with van der Waals surface area (Å²) in [5, 5.41) is 10.8. The molecule has 26 heavy (non-hydrogen) atoms. The largest absolute Gasteiger partial charge is 0.435 e. The number of rotatable bonds is 6. The van der Waals surface area contributed by atoms with Gasteiger partial charge in [0.25, 0.3) is 0 Å². The van der Waals surface area contributed by atoms with E-state index in [2.05, 4.69) is 22.4 Å². The molecule has 3 rings (SSSR count). The number of alkyl halides is 3. The second-order valence-electron chi connectivity index (χ2n) is 6.58.